The zero-order chi connectivity index (χ0) is 15.6. The molecule has 0 saturated heterocycles. The van der Waals surface area contributed by atoms with E-state index in [1.165, 1.54) is 32.5 Å². The highest BCUT2D eigenvalue weighted by Crippen LogP contribution is 2.26. The van der Waals surface area contributed by atoms with E-state index in [9.17, 15) is 12.8 Å². The molecule has 1 aromatic heterocycles. The number of nitrogens with zero attached hydrogens (tertiary/aromatic N) is 2. The number of sulfonamides is 1. The summed E-state index contributed by atoms with van der Waals surface area (Å²) in [5, 5.41) is 0. The van der Waals surface area contributed by atoms with Crippen LogP contribution >= 0.6 is 22.9 Å². The van der Waals surface area contributed by atoms with E-state index >= 15 is 0 Å². The van der Waals surface area contributed by atoms with Crippen molar-refractivity contribution in [3.05, 3.63) is 40.2 Å². The van der Waals surface area contributed by atoms with E-state index in [0.29, 0.717) is 5.56 Å². The molecule has 1 aromatic carbocycles. The lowest BCUT2D eigenvalue weighted by molar-refractivity contribution is 0.385. The predicted octanol–water partition coefficient (Wildman–Crippen LogP) is 2.76. The summed E-state index contributed by atoms with van der Waals surface area (Å²) in [4.78, 5) is 3.71. The van der Waals surface area contributed by atoms with Crippen molar-refractivity contribution < 1.29 is 17.5 Å². The Balaban J connectivity index is 2.21. The third kappa shape index (κ3) is 3.52. The molecule has 2 aromatic rings. The Morgan fingerprint density at radius 3 is 2.71 bits per heavy atom. The van der Waals surface area contributed by atoms with Crippen LogP contribution in [-0.2, 0) is 16.6 Å². The first-order valence-corrected chi connectivity index (χ1v) is 8.38. The van der Waals surface area contributed by atoms with Crippen molar-refractivity contribution in [1.82, 2.24) is 9.29 Å². The zero-order valence-corrected chi connectivity index (χ0v) is 13.6. The maximum absolute atomic E-state index is 13.6. The van der Waals surface area contributed by atoms with Gasteiger partial charge in [-0.25, -0.2) is 17.8 Å². The third-order valence-electron chi connectivity index (χ3n) is 2.74. The number of halogens is 2. The van der Waals surface area contributed by atoms with E-state index in [-0.39, 0.29) is 21.0 Å². The van der Waals surface area contributed by atoms with Crippen LogP contribution in [0.4, 0.5) is 4.39 Å². The van der Waals surface area contributed by atoms with Crippen molar-refractivity contribution >= 4 is 33.0 Å². The second kappa shape index (κ2) is 6.27. The average Bonchev–Trinajstić information content (AvgIpc) is 2.86. The van der Waals surface area contributed by atoms with Gasteiger partial charge >= 0.3 is 0 Å². The quantitative estimate of drug-likeness (QED) is 0.832. The van der Waals surface area contributed by atoms with Gasteiger partial charge in [0.25, 0.3) is 10.0 Å². The lowest BCUT2D eigenvalue weighted by Crippen LogP contribution is -2.25. The largest absolute Gasteiger partial charge is 0.494 e. The van der Waals surface area contributed by atoms with Crippen LogP contribution in [0.2, 0.25) is 4.47 Å². The number of methoxy groups -OCH3 is 1. The van der Waals surface area contributed by atoms with Crippen LogP contribution in [0.15, 0.2) is 28.6 Å². The minimum Gasteiger partial charge on any atom is -0.494 e. The second-order valence-corrected chi connectivity index (χ2v) is 8.05. The van der Waals surface area contributed by atoms with Gasteiger partial charge in [-0.2, -0.15) is 4.31 Å². The fraction of sp³-hybridized carbons (Fsp3) is 0.250. The molecule has 1 heterocycles. The second-order valence-electron chi connectivity index (χ2n) is 4.16. The molecule has 0 bridgehead atoms. The molecular weight excluding hydrogens is 339 g/mol. The highest BCUT2D eigenvalue weighted by Gasteiger charge is 2.23. The summed E-state index contributed by atoms with van der Waals surface area (Å²) in [5.41, 5.74) is 0.509. The van der Waals surface area contributed by atoms with Crippen LogP contribution in [-0.4, -0.2) is 31.9 Å². The number of rotatable bonds is 5. The highest BCUT2D eigenvalue weighted by atomic mass is 35.5. The minimum atomic E-state index is -3.69. The van der Waals surface area contributed by atoms with Crippen molar-refractivity contribution in [1.29, 1.82) is 0 Å². The Morgan fingerprint density at radius 2 is 2.19 bits per heavy atom. The number of aromatic nitrogens is 1. The van der Waals surface area contributed by atoms with Gasteiger partial charge in [0.2, 0.25) is 0 Å². The molecule has 0 unspecified atom stereocenters. The summed E-state index contributed by atoms with van der Waals surface area (Å²) in [6.45, 7) is 0.0266. The maximum Gasteiger partial charge on any atom is 0.254 e. The van der Waals surface area contributed by atoms with E-state index in [0.717, 1.165) is 15.6 Å². The fourth-order valence-electron chi connectivity index (χ4n) is 1.66. The van der Waals surface area contributed by atoms with E-state index < -0.39 is 15.8 Å². The molecule has 0 aliphatic carbocycles. The number of thiazole rings is 1. The lowest BCUT2D eigenvalue weighted by atomic mass is 10.2. The summed E-state index contributed by atoms with van der Waals surface area (Å²) < 4.78 is 44.3. The standard InChI is InChI=1S/C12H12ClFN2O3S2/c1-16(21(17,18)11-6-15-12(13)20-11)7-8-3-4-10(19-2)9(14)5-8/h3-6H,7H2,1-2H3. The van der Waals surface area contributed by atoms with Crippen molar-refractivity contribution in [2.45, 2.75) is 10.8 Å². The van der Waals surface area contributed by atoms with Crippen LogP contribution in [0.3, 0.4) is 0 Å². The molecular formula is C12H12ClFN2O3S2. The number of hydrogen-bond donors (Lipinski definition) is 0. The van der Waals surface area contributed by atoms with Gasteiger partial charge in [0.15, 0.2) is 20.2 Å². The van der Waals surface area contributed by atoms with Crippen molar-refractivity contribution in [3.63, 3.8) is 0 Å². The van der Waals surface area contributed by atoms with Crippen LogP contribution in [0.1, 0.15) is 5.56 Å². The van der Waals surface area contributed by atoms with Crippen LogP contribution < -0.4 is 4.74 Å². The van der Waals surface area contributed by atoms with Crippen molar-refractivity contribution in [3.8, 4) is 5.75 Å². The molecule has 5 nitrogen and oxygen atoms in total. The summed E-state index contributed by atoms with van der Waals surface area (Å²) >= 11 is 6.52. The zero-order valence-electron chi connectivity index (χ0n) is 11.2. The first-order valence-electron chi connectivity index (χ1n) is 5.74. The Labute approximate surface area is 131 Å². The lowest BCUT2D eigenvalue weighted by Gasteiger charge is -2.16. The van der Waals surface area contributed by atoms with Crippen LogP contribution in [0, 0.1) is 5.82 Å². The average molecular weight is 351 g/mol. The summed E-state index contributed by atoms with van der Waals surface area (Å²) in [6.07, 6.45) is 1.20. The van der Waals surface area contributed by atoms with Gasteiger partial charge in [0.1, 0.15) is 0 Å². The summed E-state index contributed by atoms with van der Waals surface area (Å²) in [6, 6.07) is 4.30. The molecule has 0 atom stereocenters. The molecule has 0 spiro atoms. The normalized spacial score (nSPS) is 11.9. The Morgan fingerprint density at radius 1 is 1.48 bits per heavy atom. The van der Waals surface area contributed by atoms with E-state index in [1.54, 1.807) is 6.07 Å². The predicted molar refractivity (Wildman–Crippen MR) is 78.7 cm³/mol. The Kier molecular flexibility index (Phi) is 4.82. The Hall–Kier alpha value is -1.22. The third-order valence-corrected chi connectivity index (χ3v) is 6.10. The number of ether oxygens (including phenoxy) is 1. The summed E-state index contributed by atoms with van der Waals surface area (Å²) in [7, 11) is -0.923. The monoisotopic (exact) mass is 350 g/mol. The Bertz CT molecular complexity index is 749. The van der Waals surface area contributed by atoms with Crippen molar-refractivity contribution in [2.75, 3.05) is 14.2 Å². The smallest absolute Gasteiger partial charge is 0.254 e. The molecule has 0 aliphatic rings. The maximum atomic E-state index is 13.6. The van der Waals surface area contributed by atoms with Crippen LogP contribution in [0.5, 0.6) is 5.75 Å². The van der Waals surface area contributed by atoms with E-state index in [4.69, 9.17) is 16.3 Å². The summed E-state index contributed by atoms with van der Waals surface area (Å²) in [5.74, 6) is -0.430. The molecule has 2 rings (SSSR count). The molecule has 21 heavy (non-hydrogen) atoms. The topological polar surface area (TPSA) is 59.5 Å². The molecule has 0 fully saturated rings. The molecule has 0 saturated carbocycles. The number of benzene rings is 1. The van der Waals surface area contributed by atoms with Gasteiger partial charge in [0, 0.05) is 13.6 Å². The highest BCUT2D eigenvalue weighted by molar-refractivity contribution is 7.91. The fourth-order valence-corrected chi connectivity index (χ4v) is 4.33. The minimum absolute atomic E-state index is 0.0266. The SMILES string of the molecule is COc1ccc(CN(C)S(=O)(=O)c2cnc(Cl)s2)cc1F. The van der Waals surface area contributed by atoms with Crippen LogP contribution in [0.25, 0.3) is 0 Å². The van der Waals surface area contributed by atoms with Gasteiger partial charge in [-0.1, -0.05) is 29.0 Å². The first kappa shape index (κ1) is 16.2. The van der Waals surface area contributed by atoms with Gasteiger partial charge in [-0.05, 0) is 17.7 Å². The first-order chi connectivity index (χ1) is 9.84. The molecule has 0 radical (unpaired) electrons. The van der Waals surface area contributed by atoms with E-state index in [2.05, 4.69) is 4.98 Å². The van der Waals surface area contributed by atoms with Gasteiger partial charge < -0.3 is 4.74 Å². The van der Waals surface area contributed by atoms with Crippen molar-refractivity contribution in [2.24, 2.45) is 0 Å². The van der Waals surface area contributed by atoms with Gasteiger partial charge in [-0.15, -0.1) is 0 Å². The number of hydrogen-bond acceptors (Lipinski definition) is 5. The van der Waals surface area contributed by atoms with Gasteiger partial charge in [0.05, 0.1) is 13.3 Å². The molecule has 0 aliphatic heterocycles. The molecule has 0 N–H and O–H groups in total. The molecule has 9 heteroatoms. The van der Waals surface area contributed by atoms with E-state index in [1.807, 2.05) is 0 Å². The molecule has 114 valence electrons. The van der Waals surface area contributed by atoms with Gasteiger partial charge in [-0.3, -0.25) is 0 Å². The molecule has 0 amide bonds.